The minimum absolute atomic E-state index is 0.0395. The zero-order valence-corrected chi connectivity index (χ0v) is 19.2. The summed E-state index contributed by atoms with van der Waals surface area (Å²) in [6, 6.07) is 17.2. The van der Waals surface area contributed by atoms with Crippen molar-refractivity contribution in [1.82, 2.24) is 19.5 Å². The molecule has 3 heterocycles. The van der Waals surface area contributed by atoms with Gasteiger partial charge in [-0.3, -0.25) is 14.2 Å². The third-order valence-electron chi connectivity index (χ3n) is 5.21. The number of hydrogen-bond donors (Lipinski definition) is 1. The summed E-state index contributed by atoms with van der Waals surface area (Å²) in [6.45, 7) is 3.93. The number of aromatic nitrogens is 4. The molecule has 0 saturated carbocycles. The summed E-state index contributed by atoms with van der Waals surface area (Å²) in [5.41, 5.74) is 2.34. The van der Waals surface area contributed by atoms with Crippen LogP contribution in [0.25, 0.3) is 32.2 Å². The van der Waals surface area contributed by atoms with Gasteiger partial charge in [-0.25, -0.2) is 9.97 Å². The molecule has 0 unspecified atom stereocenters. The Kier molecular flexibility index (Phi) is 5.40. The second-order valence-corrected chi connectivity index (χ2v) is 9.48. The molecule has 8 heteroatoms. The van der Waals surface area contributed by atoms with Crippen molar-refractivity contribution in [2.45, 2.75) is 30.8 Å². The SMILES string of the molecule is CC(C)n1c(SCc2nc3scc(-c4ccccc4)c3c(=O)[nH]2)nc2ccccc2c1=O. The van der Waals surface area contributed by atoms with E-state index in [2.05, 4.69) is 9.97 Å². The summed E-state index contributed by atoms with van der Waals surface area (Å²) in [5, 5.41) is 3.80. The highest BCUT2D eigenvalue weighted by atomic mass is 32.2. The molecule has 5 rings (SSSR count). The van der Waals surface area contributed by atoms with Gasteiger partial charge in [-0.05, 0) is 31.5 Å². The first-order chi connectivity index (χ1) is 15.5. The largest absolute Gasteiger partial charge is 0.309 e. The number of aromatic amines is 1. The molecule has 3 aromatic heterocycles. The number of benzene rings is 2. The van der Waals surface area contributed by atoms with Gasteiger partial charge in [0.15, 0.2) is 5.16 Å². The van der Waals surface area contributed by atoms with Gasteiger partial charge in [-0.1, -0.05) is 54.2 Å². The zero-order chi connectivity index (χ0) is 22.2. The highest BCUT2D eigenvalue weighted by Gasteiger charge is 2.16. The monoisotopic (exact) mass is 460 g/mol. The molecule has 6 nitrogen and oxygen atoms in total. The highest BCUT2D eigenvalue weighted by Crippen LogP contribution is 2.31. The molecule has 32 heavy (non-hydrogen) atoms. The molecule has 0 radical (unpaired) electrons. The summed E-state index contributed by atoms with van der Waals surface area (Å²) in [5.74, 6) is 0.966. The number of H-pyrrole nitrogens is 1. The lowest BCUT2D eigenvalue weighted by Gasteiger charge is -2.15. The number of hydrogen-bond acceptors (Lipinski definition) is 6. The van der Waals surface area contributed by atoms with Crippen LogP contribution < -0.4 is 11.1 Å². The summed E-state index contributed by atoms with van der Waals surface area (Å²) >= 11 is 2.86. The molecule has 0 saturated heterocycles. The number of para-hydroxylation sites is 1. The van der Waals surface area contributed by atoms with Crippen LogP contribution in [0.2, 0.25) is 0 Å². The van der Waals surface area contributed by atoms with E-state index in [0.717, 1.165) is 11.1 Å². The Labute approximate surface area is 192 Å². The minimum atomic E-state index is -0.154. The topological polar surface area (TPSA) is 80.6 Å². The Morgan fingerprint density at radius 1 is 1.03 bits per heavy atom. The van der Waals surface area contributed by atoms with E-state index in [1.165, 1.54) is 23.1 Å². The van der Waals surface area contributed by atoms with Gasteiger partial charge >= 0.3 is 0 Å². The van der Waals surface area contributed by atoms with Crippen molar-refractivity contribution in [2.75, 3.05) is 0 Å². The van der Waals surface area contributed by atoms with Crippen LogP contribution in [0, 0.1) is 0 Å². The fraction of sp³-hybridized carbons (Fsp3) is 0.167. The van der Waals surface area contributed by atoms with Gasteiger partial charge in [0.2, 0.25) is 0 Å². The molecule has 0 aliphatic heterocycles. The number of thiophene rings is 1. The van der Waals surface area contributed by atoms with Gasteiger partial charge in [0, 0.05) is 17.0 Å². The van der Waals surface area contributed by atoms with E-state index in [0.29, 0.717) is 37.9 Å². The molecule has 0 aliphatic rings. The predicted molar refractivity (Wildman–Crippen MR) is 132 cm³/mol. The minimum Gasteiger partial charge on any atom is -0.309 e. The predicted octanol–water partition coefficient (Wildman–Crippen LogP) is 5.23. The highest BCUT2D eigenvalue weighted by molar-refractivity contribution is 7.98. The Morgan fingerprint density at radius 3 is 2.56 bits per heavy atom. The lowest BCUT2D eigenvalue weighted by Crippen LogP contribution is -2.25. The van der Waals surface area contributed by atoms with Crippen molar-refractivity contribution in [3.8, 4) is 11.1 Å². The number of thioether (sulfide) groups is 1. The van der Waals surface area contributed by atoms with Gasteiger partial charge in [0.25, 0.3) is 11.1 Å². The summed E-state index contributed by atoms with van der Waals surface area (Å²) in [6.07, 6.45) is 0. The van der Waals surface area contributed by atoms with Crippen molar-refractivity contribution in [3.05, 3.63) is 86.5 Å². The van der Waals surface area contributed by atoms with Crippen LogP contribution in [0.5, 0.6) is 0 Å². The molecule has 0 atom stereocenters. The first kappa shape index (κ1) is 20.7. The Hall–Kier alpha value is -3.23. The van der Waals surface area contributed by atoms with E-state index >= 15 is 0 Å². The molecule has 1 N–H and O–H groups in total. The van der Waals surface area contributed by atoms with Gasteiger partial charge < -0.3 is 4.98 Å². The number of rotatable bonds is 5. The van der Waals surface area contributed by atoms with Gasteiger partial charge in [-0.15, -0.1) is 11.3 Å². The molecular formula is C24H20N4O2S2. The van der Waals surface area contributed by atoms with Gasteiger partial charge in [0.05, 0.1) is 22.0 Å². The maximum Gasteiger partial charge on any atom is 0.262 e. The van der Waals surface area contributed by atoms with Crippen molar-refractivity contribution in [1.29, 1.82) is 0 Å². The number of fused-ring (bicyclic) bond motifs is 2. The Balaban J connectivity index is 1.51. The van der Waals surface area contributed by atoms with Crippen molar-refractivity contribution < 1.29 is 0 Å². The first-order valence-electron chi connectivity index (χ1n) is 10.2. The lowest BCUT2D eigenvalue weighted by atomic mass is 10.1. The van der Waals surface area contributed by atoms with Crippen LogP contribution >= 0.6 is 23.1 Å². The van der Waals surface area contributed by atoms with E-state index in [4.69, 9.17) is 4.98 Å². The smallest absolute Gasteiger partial charge is 0.262 e. The van der Waals surface area contributed by atoms with E-state index in [9.17, 15) is 9.59 Å². The van der Waals surface area contributed by atoms with Crippen molar-refractivity contribution >= 4 is 44.2 Å². The average Bonchev–Trinajstić information content (AvgIpc) is 3.23. The first-order valence-corrected chi connectivity index (χ1v) is 12.1. The van der Waals surface area contributed by atoms with Crippen molar-refractivity contribution in [3.63, 3.8) is 0 Å². The molecule has 0 bridgehead atoms. The maximum atomic E-state index is 13.0. The molecule has 2 aromatic carbocycles. The van der Waals surface area contributed by atoms with Gasteiger partial charge in [-0.2, -0.15) is 0 Å². The lowest BCUT2D eigenvalue weighted by molar-refractivity contribution is 0.519. The van der Waals surface area contributed by atoms with Crippen LogP contribution in [-0.2, 0) is 5.75 Å². The third kappa shape index (κ3) is 3.65. The molecular weight excluding hydrogens is 440 g/mol. The quantitative estimate of drug-likeness (QED) is 0.287. The molecule has 0 amide bonds. The van der Waals surface area contributed by atoms with E-state index < -0.39 is 0 Å². The summed E-state index contributed by atoms with van der Waals surface area (Å²) in [4.78, 5) is 38.9. The van der Waals surface area contributed by atoms with Crippen LogP contribution in [0.4, 0.5) is 0 Å². The zero-order valence-electron chi connectivity index (χ0n) is 17.5. The normalized spacial score (nSPS) is 11.6. The second-order valence-electron chi connectivity index (χ2n) is 7.68. The van der Waals surface area contributed by atoms with Crippen LogP contribution in [-0.4, -0.2) is 19.5 Å². The standard InChI is InChI=1S/C24H20N4O2S2/c1-14(2)28-23(30)16-10-6-7-11-18(16)25-24(28)32-13-19-26-21(29)20-17(12-31-22(20)27-19)15-8-4-3-5-9-15/h3-12,14H,13H2,1-2H3,(H,26,27,29). The second kappa shape index (κ2) is 8.37. The number of nitrogens with one attached hydrogen (secondary N) is 1. The molecule has 0 spiro atoms. The summed E-state index contributed by atoms with van der Waals surface area (Å²) < 4.78 is 1.70. The summed E-state index contributed by atoms with van der Waals surface area (Å²) in [7, 11) is 0. The fourth-order valence-corrected chi connectivity index (χ4v) is 5.67. The molecule has 5 aromatic rings. The molecule has 160 valence electrons. The van der Waals surface area contributed by atoms with Crippen LogP contribution in [0.1, 0.15) is 25.7 Å². The Bertz CT molecular complexity index is 1550. The van der Waals surface area contributed by atoms with E-state index in [1.807, 2.05) is 67.8 Å². The molecule has 0 fully saturated rings. The van der Waals surface area contributed by atoms with E-state index in [-0.39, 0.29) is 17.2 Å². The van der Waals surface area contributed by atoms with Gasteiger partial charge in [0.1, 0.15) is 10.7 Å². The fourth-order valence-electron chi connectivity index (χ4n) is 3.71. The maximum absolute atomic E-state index is 13.0. The third-order valence-corrected chi connectivity index (χ3v) is 7.04. The van der Waals surface area contributed by atoms with E-state index in [1.54, 1.807) is 10.6 Å². The average molecular weight is 461 g/mol. The number of nitrogens with zero attached hydrogens (tertiary/aromatic N) is 3. The molecule has 0 aliphatic carbocycles. The van der Waals surface area contributed by atoms with Crippen LogP contribution in [0.15, 0.2) is 74.7 Å². The van der Waals surface area contributed by atoms with Crippen molar-refractivity contribution in [2.24, 2.45) is 0 Å². The Morgan fingerprint density at radius 2 is 1.78 bits per heavy atom. The van der Waals surface area contributed by atoms with Crippen LogP contribution in [0.3, 0.4) is 0 Å².